The van der Waals surface area contributed by atoms with Crippen LogP contribution in [0.25, 0.3) is 5.57 Å². The molecule has 5 aliphatic rings. The summed E-state index contributed by atoms with van der Waals surface area (Å²) >= 11 is 6.33. The van der Waals surface area contributed by atoms with Gasteiger partial charge in [0.15, 0.2) is 5.78 Å². The lowest BCUT2D eigenvalue weighted by Crippen LogP contribution is -2.73. The predicted molar refractivity (Wildman–Crippen MR) is 127 cm³/mol. The van der Waals surface area contributed by atoms with Crippen molar-refractivity contribution >= 4 is 23.0 Å². The molecule has 0 radical (unpaired) electrons. The van der Waals surface area contributed by atoms with Crippen molar-refractivity contribution in [3.63, 3.8) is 0 Å². The number of aliphatic hydroxyl groups excluding tert-OH is 1. The average molecular weight is 448 g/mol. The monoisotopic (exact) mass is 447 g/mol. The van der Waals surface area contributed by atoms with Crippen LogP contribution >= 0.6 is 11.6 Å². The predicted octanol–water partition coefficient (Wildman–Crippen LogP) is 5.29. The first-order valence-electron chi connectivity index (χ1n) is 11.7. The van der Waals surface area contributed by atoms with Gasteiger partial charge >= 0.3 is 0 Å². The van der Waals surface area contributed by atoms with Gasteiger partial charge in [0.1, 0.15) is 5.54 Å². The fraction of sp³-hybridized carbons (Fsp3) is 0.464. The molecule has 1 spiro atoms. The molecular formula is C28H30ClNO2. The molecule has 2 saturated heterocycles. The Morgan fingerprint density at radius 2 is 1.91 bits per heavy atom. The molecular weight excluding hydrogens is 418 g/mol. The number of fused-ring (bicyclic) bond motifs is 4. The van der Waals surface area contributed by atoms with Crippen molar-refractivity contribution in [2.45, 2.75) is 51.6 Å². The highest BCUT2D eigenvalue weighted by molar-refractivity contribution is 6.30. The third kappa shape index (κ3) is 2.65. The highest BCUT2D eigenvalue weighted by Gasteiger charge is 2.67. The SMILES string of the molecule is CC1(C)C2=C(CC34CC(=O)C(CO)(CC31)N(Cc1ccccc1)C4)c1ccc(Cl)cc1C2. The van der Waals surface area contributed by atoms with Crippen molar-refractivity contribution in [2.75, 3.05) is 13.2 Å². The van der Waals surface area contributed by atoms with Crippen LogP contribution in [0.5, 0.6) is 0 Å². The van der Waals surface area contributed by atoms with Crippen LogP contribution in [0.2, 0.25) is 5.02 Å². The van der Waals surface area contributed by atoms with Gasteiger partial charge in [0.2, 0.25) is 0 Å². The van der Waals surface area contributed by atoms with E-state index in [2.05, 4.69) is 43.0 Å². The molecule has 0 amide bonds. The maximum Gasteiger partial charge on any atom is 0.156 e. The number of hydrogen-bond acceptors (Lipinski definition) is 3. The van der Waals surface area contributed by atoms with Crippen molar-refractivity contribution in [2.24, 2.45) is 16.7 Å². The third-order valence-corrected chi connectivity index (χ3v) is 9.44. The van der Waals surface area contributed by atoms with Crippen LogP contribution in [0, 0.1) is 16.7 Å². The Labute approximate surface area is 195 Å². The van der Waals surface area contributed by atoms with Crippen LogP contribution in [0.15, 0.2) is 54.1 Å². The summed E-state index contributed by atoms with van der Waals surface area (Å²) in [6, 6.07) is 16.7. The number of nitrogens with zero attached hydrogens (tertiary/aromatic N) is 1. The van der Waals surface area contributed by atoms with E-state index in [1.807, 2.05) is 24.3 Å². The Hall–Kier alpha value is -1.94. The Kier molecular flexibility index (Phi) is 4.38. The van der Waals surface area contributed by atoms with Gasteiger partial charge < -0.3 is 5.11 Å². The average Bonchev–Trinajstić information content (AvgIpc) is 3.12. The van der Waals surface area contributed by atoms with E-state index in [1.165, 1.54) is 27.8 Å². The molecule has 3 aliphatic carbocycles. The van der Waals surface area contributed by atoms with Crippen LogP contribution in [-0.2, 0) is 17.8 Å². The molecule has 166 valence electrons. The van der Waals surface area contributed by atoms with E-state index in [-0.39, 0.29) is 23.2 Å². The first-order valence-corrected chi connectivity index (χ1v) is 12.1. The summed E-state index contributed by atoms with van der Waals surface area (Å²) in [5, 5.41) is 11.4. The highest BCUT2D eigenvalue weighted by Crippen LogP contribution is 2.67. The summed E-state index contributed by atoms with van der Waals surface area (Å²) in [5.41, 5.74) is 5.97. The molecule has 3 nitrogen and oxygen atoms in total. The maximum atomic E-state index is 13.6. The van der Waals surface area contributed by atoms with Gasteiger partial charge in [0.25, 0.3) is 0 Å². The summed E-state index contributed by atoms with van der Waals surface area (Å²) in [6.07, 6.45) is 3.23. The van der Waals surface area contributed by atoms with E-state index in [0.717, 1.165) is 30.8 Å². The molecule has 2 aromatic rings. The zero-order valence-electron chi connectivity index (χ0n) is 18.8. The molecule has 3 atom stereocenters. The number of allylic oxidation sites excluding steroid dienone is 2. The summed E-state index contributed by atoms with van der Waals surface area (Å²) in [7, 11) is 0. The molecule has 1 saturated carbocycles. The Bertz CT molecular complexity index is 1150. The second-order valence-corrected chi connectivity index (χ2v) is 11.5. The molecule has 0 aromatic heterocycles. The number of halogens is 1. The molecule has 32 heavy (non-hydrogen) atoms. The van der Waals surface area contributed by atoms with E-state index in [1.54, 1.807) is 0 Å². The number of rotatable bonds is 3. The van der Waals surface area contributed by atoms with Gasteiger partial charge in [-0.3, -0.25) is 9.69 Å². The number of piperidine rings is 2. The lowest BCUT2D eigenvalue weighted by atomic mass is 9.44. The van der Waals surface area contributed by atoms with Gasteiger partial charge in [0, 0.05) is 24.5 Å². The molecule has 4 heteroatoms. The minimum atomic E-state index is -0.758. The number of ketones is 1. The van der Waals surface area contributed by atoms with E-state index in [4.69, 9.17) is 11.6 Å². The first-order chi connectivity index (χ1) is 15.3. The molecule has 2 bridgehead atoms. The normalized spacial score (nSPS) is 32.6. The smallest absolute Gasteiger partial charge is 0.156 e. The number of hydrogen-bond donors (Lipinski definition) is 1. The minimum absolute atomic E-state index is 0.0148. The Morgan fingerprint density at radius 3 is 2.66 bits per heavy atom. The molecule has 2 aliphatic heterocycles. The van der Waals surface area contributed by atoms with E-state index >= 15 is 0 Å². The molecule has 1 N–H and O–H groups in total. The minimum Gasteiger partial charge on any atom is -0.394 e. The van der Waals surface area contributed by atoms with Crippen molar-refractivity contribution < 1.29 is 9.90 Å². The van der Waals surface area contributed by atoms with E-state index < -0.39 is 5.54 Å². The van der Waals surface area contributed by atoms with Crippen LogP contribution in [0.3, 0.4) is 0 Å². The van der Waals surface area contributed by atoms with Crippen LogP contribution in [-0.4, -0.2) is 34.5 Å². The molecule has 3 fully saturated rings. The van der Waals surface area contributed by atoms with E-state index in [9.17, 15) is 9.90 Å². The molecule has 2 heterocycles. The number of aliphatic hydroxyl groups is 1. The van der Waals surface area contributed by atoms with Gasteiger partial charge in [0.05, 0.1) is 6.61 Å². The fourth-order valence-electron chi connectivity index (χ4n) is 7.65. The van der Waals surface area contributed by atoms with Gasteiger partial charge in [-0.15, -0.1) is 0 Å². The quantitative estimate of drug-likeness (QED) is 0.694. The number of benzene rings is 2. The first kappa shape index (κ1) is 20.7. The summed E-state index contributed by atoms with van der Waals surface area (Å²) in [4.78, 5) is 15.9. The third-order valence-electron chi connectivity index (χ3n) is 9.20. The number of Topliss-reactive ketones (excluding diaryl/α,β-unsaturated/α-hetero) is 1. The zero-order valence-corrected chi connectivity index (χ0v) is 19.6. The second kappa shape index (κ2) is 6.79. The van der Waals surface area contributed by atoms with Crippen LogP contribution in [0.4, 0.5) is 0 Å². The van der Waals surface area contributed by atoms with Crippen LogP contribution in [0.1, 0.15) is 49.8 Å². The molecule has 2 aromatic carbocycles. The van der Waals surface area contributed by atoms with Gasteiger partial charge in [-0.1, -0.05) is 67.4 Å². The largest absolute Gasteiger partial charge is 0.394 e. The van der Waals surface area contributed by atoms with Crippen molar-refractivity contribution in [1.82, 2.24) is 4.90 Å². The summed E-state index contributed by atoms with van der Waals surface area (Å²) in [5.74, 6) is 0.614. The maximum absolute atomic E-state index is 13.6. The number of carbonyl (C=O) groups excluding carboxylic acids is 1. The fourth-order valence-corrected chi connectivity index (χ4v) is 7.84. The zero-order chi connectivity index (χ0) is 22.3. The Morgan fingerprint density at radius 1 is 1.12 bits per heavy atom. The standard InChI is InChI=1S/C28H30ClNO2/c1-26(2)23-11-19-10-20(29)8-9-21(19)22(23)12-27-14-25(32)28(17-31,13-24(26)27)30(16-27)15-18-6-4-3-5-7-18/h3-10,24,31H,11-17H2,1-2H3. The molecule has 7 rings (SSSR count). The molecule has 3 unspecified atom stereocenters. The van der Waals surface area contributed by atoms with Gasteiger partial charge in [-0.2, -0.15) is 0 Å². The van der Waals surface area contributed by atoms with Crippen molar-refractivity contribution in [1.29, 1.82) is 0 Å². The second-order valence-electron chi connectivity index (χ2n) is 11.1. The lowest BCUT2D eigenvalue weighted by Gasteiger charge is -2.66. The topological polar surface area (TPSA) is 40.5 Å². The Balaban J connectivity index is 1.45. The van der Waals surface area contributed by atoms with Gasteiger partial charge in [-0.25, -0.2) is 0 Å². The lowest BCUT2D eigenvalue weighted by molar-refractivity contribution is -0.183. The summed E-state index contributed by atoms with van der Waals surface area (Å²) < 4.78 is 0. The summed E-state index contributed by atoms with van der Waals surface area (Å²) in [6.45, 7) is 6.23. The van der Waals surface area contributed by atoms with E-state index in [0.29, 0.717) is 18.9 Å². The highest BCUT2D eigenvalue weighted by atomic mass is 35.5. The number of carbonyl (C=O) groups is 1. The van der Waals surface area contributed by atoms with Crippen molar-refractivity contribution in [3.8, 4) is 0 Å². The van der Waals surface area contributed by atoms with Crippen molar-refractivity contribution in [3.05, 3.63) is 75.8 Å². The van der Waals surface area contributed by atoms with Crippen LogP contribution < -0.4 is 0 Å². The van der Waals surface area contributed by atoms with Gasteiger partial charge in [-0.05, 0) is 70.4 Å².